The van der Waals surface area contributed by atoms with Crippen LogP contribution in [0.3, 0.4) is 0 Å². The molecular weight excluding hydrogens is 98.1 g/mol. The van der Waals surface area contributed by atoms with E-state index in [0.29, 0.717) is 5.92 Å². The summed E-state index contributed by atoms with van der Waals surface area (Å²) in [7, 11) is 0. The van der Waals surface area contributed by atoms with Gasteiger partial charge < -0.3 is 5.73 Å². The fourth-order valence-corrected chi connectivity index (χ4v) is 0.716. The third kappa shape index (κ3) is 2.12. The minimum atomic E-state index is 0.537. The van der Waals surface area contributed by atoms with Crippen molar-refractivity contribution in [3.05, 3.63) is 12.2 Å². The standard InChI is InChI=1S/C7H15N/c1-4-7(5-8)6(2)3/h7H,2,4-5,8H2,1,3H3. The fourth-order valence-electron chi connectivity index (χ4n) is 0.716. The summed E-state index contributed by atoms with van der Waals surface area (Å²) in [5.74, 6) is 0.537. The quantitative estimate of drug-likeness (QED) is 0.552. The lowest BCUT2D eigenvalue weighted by Crippen LogP contribution is -2.13. The molecule has 0 saturated carbocycles. The van der Waals surface area contributed by atoms with Crippen molar-refractivity contribution in [3.63, 3.8) is 0 Å². The lowest BCUT2D eigenvalue weighted by molar-refractivity contribution is 0.605. The predicted octanol–water partition coefficient (Wildman–Crippen LogP) is 1.55. The van der Waals surface area contributed by atoms with Gasteiger partial charge in [0.15, 0.2) is 0 Å². The molecule has 0 fully saturated rings. The minimum Gasteiger partial charge on any atom is -0.330 e. The first-order chi connectivity index (χ1) is 3.72. The summed E-state index contributed by atoms with van der Waals surface area (Å²) in [6.07, 6.45) is 1.12. The maximum absolute atomic E-state index is 5.42. The van der Waals surface area contributed by atoms with Crippen molar-refractivity contribution in [1.82, 2.24) is 0 Å². The minimum absolute atomic E-state index is 0.537. The molecule has 0 aliphatic rings. The van der Waals surface area contributed by atoms with E-state index in [4.69, 9.17) is 5.73 Å². The smallest absolute Gasteiger partial charge is 0.00118 e. The molecule has 0 aromatic carbocycles. The summed E-state index contributed by atoms with van der Waals surface area (Å²) in [5, 5.41) is 0. The van der Waals surface area contributed by atoms with Crippen molar-refractivity contribution < 1.29 is 0 Å². The van der Waals surface area contributed by atoms with Crippen LogP contribution in [-0.4, -0.2) is 6.54 Å². The zero-order valence-corrected chi connectivity index (χ0v) is 5.78. The number of rotatable bonds is 3. The number of hydrogen-bond donors (Lipinski definition) is 1. The molecule has 0 radical (unpaired) electrons. The van der Waals surface area contributed by atoms with Crippen molar-refractivity contribution >= 4 is 0 Å². The van der Waals surface area contributed by atoms with E-state index in [0.717, 1.165) is 13.0 Å². The van der Waals surface area contributed by atoms with Gasteiger partial charge in [-0.15, -0.1) is 0 Å². The van der Waals surface area contributed by atoms with Gasteiger partial charge in [-0.1, -0.05) is 19.1 Å². The molecule has 0 spiro atoms. The summed E-state index contributed by atoms with van der Waals surface area (Å²) in [5.41, 5.74) is 6.63. The number of nitrogens with two attached hydrogens (primary N) is 1. The Labute approximate surface area is 51.6 Å². The van der Waals surface area contributed by atoms with Crippen LogP contribution in [0.5, 0.6) is 0 Å². The molecule has 1 heteroatoms. The van der Waals surface area contributed by atoms with Gasteiger partial charge in [-0.3, -0.25) is 0 Å². The average Bonchev–Trinajstić information content (AvgIpc) is 1.69. The molecule has 0 aliphatic heterocycles. The van der Waals surface area contributed by atoms with Crippen LogP contribution in [0.25, 0.3) is 0 Å². The van der Waals surface area contributed by atoms with Crippen LogP contribution in [0.2, 0.25) is 0 Å². The van der Waals surface area contributed by atoms with Crippen molar-refractivity contribution in [1.29, 1.82) is 0 Å². The van der Waals surface area contributed by atoms with E-state index in [1.807, 2.05) is 6.92 Å². The van der Waals surface area contributed by atoms with E-state index in [2.05, 4.69) is 13.5 Å². The maximum Gasteiger partial charge on any atom is -0.00118 e. The topological polar surface area (TPSA) is 26.0 Å². The van der Waals surface area contributed by atoms with Crippen LogP contribution in [0.15, 0.2) is 12.2 Å². The van der Waals surface area contributed by atoms with E-state index in [1.54, 1.807) is 0 Å². The highest BCUT2D eigenvalue weighted by atomic mass is 14.5. The lowest BCUT2D eigenvalue weighted by Gasteiger charge is -2.09. The van der Waals surface area contributed by atoms with Crippen LogP contribution in [0, 0.1) is 5.92 Å². The second-order valence-corrected chi connectivity index (χ2v) is 2.19. The Morgan fingerprint density at radius 2 is 2.25 bits per heavy atom. The molecule has 2 N–H and O–H groups in total. The molecule has 0 bridgehead atoms. The molecule has 0 heterocycles. The molecule has 48 valence electrons. The van der Waals surface area contributed by atoms with Crippen molar-refractivity contribution in [2.45, 2.75) is 20.3 Å². The number of hydrogen-bond acceptors (Lipinski definition) is 1. The van der Waals surface area contributed by atoms with Gasteiger partial charge in [-0.2, -0.15) is 0 Å². The normalized spacial score (nSPS) is 13.4. The van der Waals surface area contributed by atoms with Crippen molar-refractivity contribution in [2.75, 3.05) is 6.54 Å². The Bertz CT molecular complexity index is 72.5. The second kappa shape index (κ2) is 3.67. The predicted molar refractivity (Wildman–Crippen MR) is 37.6 cm³/mol. The van der Waals surface area contributed by atoms with Gasteiger partial charge in [0.2, 0.25) is 0 Å². The second-order valence-electron chi connectivity index (χ2n) is 2.19. The lowest BCUT2D eigenvalue weighted by atomic mass is 10.00. The highest BCUT2D eigenvalue weighted by Gasteiger charge is 2.01. The SMILES string of the molecule is C=C(C)C(CC)CN. The first-order valence-electron chi connectivity index (χ1n) is 3.07. The van der Waals surface area contributed by atoms with Crippen LogP contribution in [-0.2, 0) is 0 Å². The van der Waals surface area contributed by atoms with Gasteiger partial charge in [-0.05, 0) is 25.8 Å². The van der Waals surface area contributed by atoms with E-state index in [-0.39, 0.29) is 0 Å². The van der Waals surface area contributed by atoms with Crippen LogP contribution in [0.4, 0.5) is 0 Å². The monoisotopic (exact) mass is 113 g/mol. The fraction of sp³-hybridized carbons (Fsp3) is 0.714. The highest BCUT2D eigenvalue weighted by molar-refractivity contribution is 4.95. The summed E-state index contributed by atoms with van der Waals surface area (Å²) < 4.78 is 0. The third-order valence-corrected chi connectivity index (χ3v) is 1.47. The first-order valence-corrected chi connectivity index (χ1v) is 3.07. The molecule has 0 aromatic rings. The van der Waals surface area contributed by atoms with Gasteiger partial charge >= 0.3 is 0 Å². The Kier molecular flexibility index (Phi) is 3.53. The molecule has 8 heavy (non-hydrogen) atoms. The Balaban J connectivity index is 3.52. The van der Waals surface area contributed by atoms with Gasteiger partial charge in [-0.25, -0.2) is 0 Å². The third-order valence-electron chi connectivity index (χ3n) is 1.47. The van der Waals surface area contributed by atoms with E-state index in [9.17, 15) is 0 Å². The largest absolute Gasteiger partial charge is 0.330 e. The first kappa shape index (κ1) is 7.70. The zero-order valence-electron chi connectivity index (χ0n) is 5.78. The molecule has 0 amide bonds. The summed E-state index contributed by atoms with van der Waals surface area (Å²) in [6.45, 7) is 8.72. The van der Waals surface area contributed by atoms with Crippen LogP contribution < -0.4 is 5.73 Å². The van der Waals surface area contributed by atoms with E-state index < -0.39 is 0 Å². The zero-order chi connectivity index (χ0) is 6.57. The molecule has 0 saturated heterocycles. The van der Waals surface area contributed by atoms with Gasteiger partial charge in [0.05, 0.1) is 0 Å². The maximum atomic E-state index is 5.42. The van der Waals surface area contributed by atoms with Crippen molar-refractivity contribution in [2.24, 2.45) is 11.7 Å². The molecule has 0 aromatic heterocycles. The molecular formula is C7H15N. The van der Waals surface area contributed by atoms with E-state index in [1.165, 1.54) is 5.57 Å². The molecule has 1 unspecified atom stereocenters. The molecule has 0 aliphatic carbocycles. The molecule has 0 rings (SSSR count). The molecule has 1 atom stereocenters. The summed E-state index contributed by atoms with van der Waals surface area (Å²) >= 11 is 0. The Morgan fingerprint density at radius 1 is 1.75 bits per heavy atom. The molecule has 1 nitrogen and oxygen atoms in total. The highest BCUT2D eigenvalue weighted by Crippen LogP contribution is 2.09. The van der Waals surface area contributed by atoms with Crippen molar-refractivity contribution in [3.8, 4) is 0 Å². The van der Waals surface area contributed by atoms with E-state index >= 15 is 0 Å². The van der Waals surface area contributed by atoms with Gasteiger partial charge in [0.25, 0.3) is 0 Å². The van der Waals surface area contributed by atoms with Crippen LogP contribution in [0.1, 0.15) is 20.3 Å². The average molecular weight is 113 g/mol. The van der Waals surface area contributed by atoms with Gasteiger partial charge in [0.1, 0.15) is 0 Å². The van der Waals surface area contributed by atoms with Gasteiger partial charge in [0, 0.05) is 0 Å². The summed E-state index contributed by atoms with van der Waals surface area (Å²) in [6, 6.07) is 0. The summed E-state index contributed by atoms with van der Waals surface area (Å²) in [4.78, 5) is 0. The van der Waals surface area contributed by atoms with Crippen LogP contribution >= 0.6 is 0 Å². The Morgan fingerprint density at radius 3 is 2.25 bits per heavy atom. The Hall–Kier alpha value is -0.300.